The standard InChI is InChI=1S/C20H23ClN2O4S/c1-3-15-6-4-5-14(2)19(15)22-20(24)17-13-16(7-8-18(17)21)28(25,26)23-9-11-27-12-10-23/h4-8,13H,3,9-12H2,1-2H3,(H,22,24). The summed E-state index contributed by atoms with van der Waals surface area (Å²) in [4.78, 5) is 12.9. The summed E-state index contributed by atoms with van der Waals surface area (Å²) in [6.07, 6.45) is 0.760. The smallest absolute Gasteiger partial charge is 0.257 e. The van der Waals surface area contributed by atoms with E-state index in [0.29, 0.717) is 13.2 Å². The molecule has 1 aliphatic heterocycles. The van der Waals surface area contributed by atoms with Crippen molar-refractivity contribution in [1.82, 2.24) is 4.31 Å². The zero-order chi connectivity index (χ0) is 20.3. The molecule has 1 aliphatic rings. The van der Waals surface area contributed by atoms with Crippen molar-refractivity contribution in [2.75, 3.05) is 31.6 Å². The van der Waals surface area contributed by atoms with E-state index >= 15 is 0 Å². The topological polar surface area (TPSA) is 75.7 Å². The van der Waals surface area contributed by atoms with Gasteiger partial charge >= 0.3 is 0 Å². The zero-order valence-electron chi connectivity index (χ0n) is 15.9. The number of morpholine rings is 1. The fraction of sp³-hybridized carbons (Fsp3) is 0.350. The molecular formula is C20H23ClN2O4S. The number of rotatable bonds is 5. The molecule has 1 amide bonds. The Labute approximate surface area is 170 Å². The zero-order valence-corrected chi connectivity index (χ0v) is 17.4. The van der Waals surface area contributed by atoms with Gasteiger partial charge in [0.15, 0.2) is 0 Å². The quantitative estimate of drug-likeness (QED) is 0.800. The molecule has 1 heterocycles. The van der Waals surface area contributed by atoms with Gasteiger partial charge in [-0.3, -0.25) is 4.79 Å². The normalized spacial score (nSPS) is 15.4. The van der Waals surface area contributed by atoms with Crippen molar-refractivity contribution in [2.24, 2.45) is 0 Å². The number of halogens is 1. The highest BCUT2D eigenvalue weighted by atomic mass is 35.5. The first-order valence-electron chi connectivity index (χ1n) is 9.12. The number of benzene rings is 2. The number of para-hydroxylation sites is 1. The molecule has 28 heavy (non-hydrogen) atoms. The predicted molar refractivity (Wildman–Crippen MR) is 110 cm³/mol. The second-order valence-electron chi connectivity index (χ2n) is 6.57. The summed E-state index contributed by atoms with van der Waals surface area (Å²) < 4.78 is 32.3. The van der Waals surface area contributed by atoms with Crippen LogP contribution in [-0.4, -0.2) is 44.9 Å². The van der Waals surface area contributed by atoms with Crippen LogP contribution < -0.4 is 5.32 Å². The fourth-order valence-corrected chi connectivity index (χ4v) is 4.80. The summed E-state index contributed by atoms with van der Waals surface area (Å²) in [6, 6.07) is 10.0. The van der Waals surface area contributed by atoms with E-state index in [4.69, 9.17) is 16.3 Å². The second-order valence-corrected chi connectivity index (χ2v) is 8.92. The monoisotopic (exact) mass is 422 g/mol. The van der Waals surface area contributed by atoms with Gasteiger partial charge in [0, 0.05) is 18.8 Å². The largest absolute Gasteiger partial charge is 0.379 e. The van der Waals surface area contributed by atoms with E-state index in [0.717, 1.165) is 23.2 Å². The molecule has 8 heteroatoms. The predicted octanol–water partition coefficient (Wildman–Crippen LogP) is 3.48. The maximum atomic E-state index is 12.9. The van der Waals surface area contributed by atoms with Crippen LogP contribution in [0.15, 0.2) is 41.3 Å². The minimum atomic E-state index is -3.71. The van der Waals surface area contributed by atoms with Gasteiger partial charge in [0.05, 0.1) is 28.7 Å². The third-order valence-electron chi connectivity index (χ3n) is 4.77. The van der Waals surface area contributed by atoms with Crippen LogP contribution >= 0.6 is 11.6 Å². The molecule has 0 atom stereocenters. The maximum Gasteiger partial charge on any atom is 0.257 e. The molecule has 0 aliphatic carbocycles. The van der Waals surface area contributed by atoms with E-state index < -0.39 is 15.9 Å². The van der Waals surface area contributed by atoms with Crippen molar-refractivity contribution in [3.05, 3.63) is 58.1 Å². The van der Waals surface area contributed by atoms with Crippen molar-refractivity contribution in [3.8, 4) is 0 Å². The van der Waals surface area contributed by atoms with Crippen LogP contribution in [0.4, 0.5) is 5.69 Å². The summed E-state index contributed by atoms with van der Waals surface area (Å²) in [5.41, 5.74) is 2.79. The number of carbonyl (C=O) groups excluding carboxylic acids is 1. The molecule has 0 bridgehead atoms. The van der Waals surface area contributed by atoms with Crippen LogP contribution in [0, 0.1) is 6.92 Å². The highest BCUT2D eigenvalue weighted by Crippen LogP contribution is 2.26. The molecule has 3 rings (SSSR count). The molecule has 6 nitrogen and oxygen atoms in total. The number of anilines is 1. The highest BCUT2D eigenvalue weighted by molar-refractivity contribution is 7.89. The summed E-state index contributed by atoms with van der Waals surface area (Å²) in [7, 11) is -3.71. The number of hydrogen-bond acceptors (Lipinski definition) is 4. The van der Waals surface area contributed by atoms with E-state index in [2.05, 4.69) is 5.32 Å². The molecule has 2 aromatic rings. The van der Waals surface area contributed by atoms with Crippen LogP contribution in [0.25, 0.3) is 0 Å². The molecule has 1 N–H and O–H groups in total. The lowest BCUT2D eigenvalue weighted by Crippen LogP contribution is -2.40. The van der Waals surface area contributed by atoms with Crippen molar-refractivity contribution in [1.29, 1.82) is 0 Å². The van der Waals surface area contributed by atoms with Crippen molar-refractivity contribution >= 4 is 33.2 Å². The van der Waals surface area contributed by atoms with E-state index in [1.54, 1.807) is 0 Å². The lowest BCUT2D eigenvalue weighted by atomic mass is 10.1. The molecular weight excluding hydrogens is 400 g/mol. The minimum absolute atomic E-state index is 0.0458. The average molecular weight is 423 g/mol. The van der Waals surface area contributed by atoms with Crippen molar-refractivity contribution in [2.45, 2.75) is 25.2 Å². The number of hydrogen-bond donors (Lipinski definition) is 1. The Morgan fingerprint density at radius 1 is 1.21 bits per heavy atom. The van der Waals surface area contributed by atoms with E-state index in [1.807, 2.05) is 32.0 Å². The summed E-state index contributed by atoms with van der Waals surface area (Å²) in [5, 5.41) is 3.09. The van der Waals surface area contributed by atoms with Crippen LogP contribution in [0.1, 0.15) is 28.4 Å². The van der Waals surface area contributed by atoms with Gasteiger partial charge in [0.25, 0.3) is 5.91 Å². The molecule has 2 aromatic carbocycles. The summed E-state index contributed by atoms with van der Waals surface area (Å²) in [6.45, 7) is 5.20. The lowest BCUT2D eigenvalue weighted by Gasteiger charge is -2.26. The van der Waals surface area contributed by atoms with Gasteiger partial charge in [-0.2, -0.15) is 4.31 Å². The Morgan fingerprint density at radius 3 is 2.61 bits per heavy atom. The number of aryl methyl sites for hydroxylation is 2. The molecule has 1 fully saturated rings. The fourth-order valence-electron chi connectivity index (χ4n) is 3.16. The Morgan fingerprint density at radius 2 is 1.93 bits per heavy atom. The first-order chi connectivity index (χ1) is 13.3. The van der Waals surface area contributed by atoms with Gasteiger partial charge in [-0.1, -0.05) is 36.7 Å². The molecule has 0 aromatic heterocycles. The van der Waals surface area contributed by atoms with Gasteiger partial charge in [-0.25, -0.2) is 8.42 Å². The van der Waals surface area contributed by atoms with E-state index in [-0.39, 0.29) is 28.6 Å². The molecule has 0 radical (unpaired) electrons. The Bertz CT molecular complexity index is 986. The molecule has 150 valence electrons. The van der Waals surface area contributed by atoms with Gasteiger partial charge in [0.1, 0.15) is 0 Å². The second kappa shape index (κ2) is 8.61. The van der Waals surface area contributed by atoms with Crippen LogP contribution in [-0.2, 0) is 21.2 Å². The number of nitrogens with one attached hydrogen (secondary N) is 1. The SMILES string of the molecule is CCc1cccc(C)c1NC(=O)c1cc(S(=O)(=O)N2CCOCC2)ccc1Cl. The Balaban J connectivity index is 1.93. The lowest BCUT2D eigenvalue weighted by molar-refractivity contribution is 0.0730. The summed E-state index contributed by atoms with van der Waals surface area (Å²) >= 11 is 6.22. The third-order valence-corrected chi connectivity index (χ3v) is 6.99. The van der Waals surface area contributed by atoms with Crippen LogP contribution in [0.2, 0.25) is 5.02 Å². The number of carbonyl (C=O) groups is 1. The Kier molecular flexibility index (Phi) is 6.40. The molecule has 0 spiro atoms. The first kappa shape index (κ1) is 20.8. The number of ether oxygens (including phenoxy) is 1. The van der Waals surface area contributed by atoms with Crippen LogP contribution in [0.3, 0.4) is 0 Å². The Hall–Kier alpha value is -1.93. The highest BCUT2D eigenvalue weighted by Gasteiger charge is 2.27. The number of sulfonamides is 1. The summed E-state index contributed by atoms with van der Waals surface area (Å²) in [5.74, 6) is -0.437. The molecule has 0 saturated carbocycles. The third kappa shape index (κ3) is 4.22. The first-order valence-corrected chi connectivity index (χ1v) is 10.9. The molecule has 1 saturated heterocycles. The van der Waals surface area contributed by atoms with Gasteiger partial charge < -0.3 is 10.1 Å². The number of nitrogens with zero attached hydrogens (tertiary/aromatic N) is 1. The van der Waals surface area contributed by atoms with E-state index in [9.17, 15) is 13.2 Å². The average Bonchev–Trinajstić information content (AvgIpc) is 2.70. The number of amides is 1. The maximum absolute atomic E-state index is 12.9. The van der Waals surface area contributed by atoms with Crippen LogP contribution in [0.5, 0.6) is 0 Å². The van der Waals surface area contributed by atoms with Gasteiger partial charge in [-0.05, 0) is 42.7 Å². The van der Waals surface area contributed by atoms with Gasteiger partial charge in [0.2, 0.25) is 10.0 Å². The minimum Gasteiger partial charge on any atom is -0.379 e. The van der Waals surface area contributed by atoms with Crippen molar-refractivity contribution < 1.29 is 17.9 Å². The van der Waals surface area contributed by atoms with E-state index in [1.165, 1.54) is 22.5 Å². The van der Waals surface area contributed by atoms with Crippen molar-refractivity contribution in [3.63, 3.8) is 0 Å². The van der Waals surface area contributed by atoms with Gasteiger partial charge in [-0.15, -0.1) is 0 Å². The molecule has 0 unspecified atom stereocenters.